The largest absolute Gasteiger partial charge is 0.504 e. The molecule has 0 spiro atoms. The summed E-state index contributed by atoms with van der Waals surface area (Å²) in [5.41, 5.74) is 1.06. The molecule has 3 aliphatic rings. The van der Waals surface area contributed by atoms with Crippen LogP contribution in [0.2, 0.25) is 0 Å². The molecule has 3 aliphatic heterocycles. The van der Waals surface area contributed by atoms with Gasteiger partial charge in [0.15, 0.2) is 48.0 Å². The van der Waals surface area contributed by atoms with E-state index in [-0.39, 0.29) is 42.6 Å². The van der Waals surface area contributed by atoms with Gasteiger partial charge in [0.25, 0.3) is 0 Å². The molecule has 0 bridgehead atoms. The second-order valence-electron chi connectivity index (χ2n) is 13.2. The summed E-state index contributed by atoms with van der Waals surface area (Å²) in [4.78, 5) is 13.4. The number of methoxy groups -OCH3 is 2. The maximum Gasteiger partial charge on any atom is 0.331 e. The van der Waals surface area contributed by atoms with Crippen LogP contribution in [0.25, 0.3) is 6.08 Å². The molecule has 2 aromatic carbocycles. The third-order valence-corrected chi connectivity index (χ3v) is 9.38. The van der Waals surface area contributed by atoms with Crippen LogP contribution in [0, 0.1) is 0 Å². The van der Waals surface area contributed by atoms with Crippen LogP contribution in [0.15, 0.2) is 42.5 Å². The summed E-state index contributed by atoms with van der Waals surface area (Å²) in [5.74, 6) is -0.848. The number of phenols is 2. The molecule has 3 fully saturated rings. The standard InChI is InChI=1S/C36H48O19/c1-16-26(41)28(43)30(45)36(52-16)55-33-31(46)35(49-11-10-18-5-8-22(47-2)20(38)12-18)53-24(15-51-34-29(44)27(42)21(39)14-50-34)32(33)54-25(40)9-6-17-4-7-19(37)23(13-17)48-3/h4-9,12-13,16,21,24,26-39,41-46H,10-11,14-15H2,1-3H3. The lowest BCUT2D eigenvalue weighted by molar-refractivity contribution is -0.362. The molecule has 2 aromatic rings. The Hall–Kier alpha value is -3.67. The molecule has 5 rings (SSSR count). The fourth-order valence-electron chi connectivity index (χ4n) is 6.18. The predicted molar refractivity (Wildman–Crippen MR) is 183 cm³/mol. The summed E-state index contributed by atoms with van der Waals surface area (Å²) in [6.45, 7) is 0.361. The van der Waals surface area contributed by atoms with Crippen LogP contribution in [-0.2, 0) is 44.4 Å². The van der Waals surface area contributed by atoms with Crippen molar-refractivity contribution in [2.24, 2.45) is 0 Å². The highest BCUT2D eigenvalue weighted by molar-refractivity contribution is 5.87. The van der Waals surface area contributed by atoms with Gasteiger partial charge in [-0.15, -0.1) is 0 Å². The van der Waals surface area contributed by atoms with Crippen molar-refractivity contribution >= 4 is 12.0 Å². The van der Waals surface area contributed by atoms with E-state index in [0.29, 0.717) is 11.1 Å². The van der Waals surface area contributed by atoms with E-state index in [1.54, 1.807) is 12.1 Å². The van der Waals surface area contributed by atoms with Crippen LogP contribution >= 0.6 is 0 Å². The molecule has 14 atom stereocenters. The normalized spacial score (nSPS) is 35.4. The molecular formula is C36H48O19. The molecule has 0 saturated carbocycles. The van der Waals surface area contributed by atoms with Gasteiger partial charge in [-0.3, -0.25) is 0 Å². The van der Waals surface area contributed by atoms with Crippen molar-refractivity contribution in [1.82, 2.24) is 0 Å². The van der Waals surface area contributed by atoms with Crippen molar-refractivity contribution in [3.05, 3.63) is 53.6 Å². The fraction of sp³-hybridized carbons (Fsp3) is 0.583. The van der Waals surface area contributed by atoms with Gasteiger partial charge in [-0.25, -0.2) is 4.79 Å². The predicted octanol–water partition coefficient (Wildman–Crippen LogP) is -1.95. The summed E-state index contributed by atoms with van der Waals surface area (Å²) < 4.78 is 50.6. The number of aliphatic hydroxyl groups is 7. The van der Waals surface area contributed by atoms with E-state index >= 15 is 0 Å². The van der Waals surface area contributed by atoms with Crippen LogP contribution in [0.5, 0.6) is 23.0 Å². The first-order chi connectivity index (χ1) is 26.2. The van der Waals surface area contributed by atoms with Gasteiger partial charge in [-0.2, -0.15) is 0 Å². The molecule has 0 aliphatic carbocycles. The molecule has 14 unspecified atom stereocenters. The fourth-order valence-corrected chi connectivity index (χ4v) is 6.18. The van der Waals surface area contributed by atoms with Crippen LogP contribution in [-0.4, -0.2) is 172 Å². The second kappa shape index (κ2) is 19.0. The van der Waals surface area contributed by atoms with Gasteiger partial charge in [-0.05, 0) is 54.8 Å². The first-order valence-corrected chi connectivity index (χ1v) is 17.4. The number of hydrogen-bond donors (Lipinski definition) is 9. The van der Waals surface area contributed by atoms with Crippen LogP contribution < -0.4 is 9.47 Å². The van der Waals surface area contributed by atoms with Crippen molar-refractivity contribution in [1.29, 1.82) is 0 Å². The molecule has 3 heterocycles. The average molecular weight is 785 g/mol. The molecule has 55 heavy (non-hydrogen) atoms. The Morgan fingerprint density at radius 1 is 0.764 bits per heavy atom. The number of aliphatic hydroxyl groups excluding tert-OH is 7. The number of phenolic OH excluding ortho intramolecular Hbond substituents is 2. The smallest absolute Gasteiger partial charge is 0.331 e. The SMILES string of the molecule is COc1ccc(CCOC2OC(COC3OCC(O)C(O)C3O)C(OC(=O)C=Cc3ccc(O)c(OC)c3)C(OC3OC(C)C(O)C(O)C3O)C2O)cc1O. The van der Waals surface area contributed by atoms with Gasteiger partial charge in [0.05, 0.1) is 40.1 Å². The van der Waals surface area contributed by atoms with Gasteiger partial charge in [0.1, 0.15) is 54.9 Å². The summed E-state index contributed by atoms with van der Waals surface area (Å²) in [6, 6.07) is 9.00. The zero-order valence-corrected chi connectivity index (χ0v) is 30.1. The Morgan fingerprint density at radius 2 is 1.49 bits per heavy atom. The van der Waals surface area contributed by atoms with Crippen LogP contribution in [0.4, 0.5) is 0 Å². The highest BCUT2D eigenvalue weighted by Crippen LogP contribution is 2.33. The molecule has 9 N–H and O–H groups in total. The van der Waals surface area contributed by atoms with E-state index in [9.17, 15) is 50.8 Å². The van der Waals surface area contributed by atoms with Gasteiger partial charge in [0, 0.05) is 6.08 Å². The molecule has 19 nitrogen and oxygen atoms in total. The van der Waals surface area contributed by atoms with Gasteiger partial charge in [-0.1, -0.05) is 12.1 Å². The van der Waals surface area contributed by atoms with E-state index in [4.69, 9.17) is 42.6 Å². The van der Waals surface area contributed by atoms with E-state index in [2.05, 4.69) is 0 Å². The molecule has 0 radical (unpaired) electrons. The quantitative estimate of drug-likeness (QED) is 0.0744. The first-order valence-electron chi connectivity index (χ1n) is 17.4. The van der Waals surface area contributed by atoms with Crippen molar-refractivity contribution in [3.8, 4) is 23.0 Å². The Labute approximate surface area is 315 Å². The number of aromatic hydroxyl groups is 2. The topological polar surface area (TPSA) is 282 Å². The maximum absolute atomic E-state index is 13.4. The highest BCUT2D eigenvalue weighted by atomic mass is 16.8. The van der Waals surface area contributed by atoms with Gasteiger partial charge in [0.2, 0.25) is 0 Å². The Morgan fingerprint density at radius 3 is 2.20 bits per heavy atom. The molecular weight excluding hydrogens is 736 g/mol. The number of ether oxygens (including phenoxy) is 9. The van der Waals surface area contributed by atoms with Crippen molar-refractivity contribution in [2.45, 2.75) is 99.4 Å². The zero-order chi connectivity index (χ0) is 40.0. The number of esters is 1. The molecule has 3 saturated heterocycles. The average Bonchev–Trinajstić information content (AvgIpc) is 3.17. The third-order valence-electron chi connectivity index (χ3n) is 9.38. The lowest BCUT2D eigenvalue weighted by Gasteiger charge is -2.47. The number of hydrogen-bond acceptors (Lipinski definition) is 19. The first kappa shape index (κ1) is 42.5. The Balaban J connectivity index is 1.42. The van der Waals surface area contributed by atoms with E-state index < -0.39 is 98.6 Å². The minimum Gasteiger partial charge on any atom is -0.504 e. The minimum atomic E-state index is -1.84. The third kappa shape index (κ3) is 10.2. The Kier molecular flexibility index (Phi) is 14.7. The van der Waals surface area contributed by atoms with Crippen LogP contribution in [0.1, 0.15) is 18.1 Å². The van der Waals surface area contributed by atoms with Crippen molar-refractivity contribution in [3.63, 3.8) is 0 Å². The number of carbonyl (C=O) groups excluding carboxylic acids is 1. The summed E-state index contributed by atoms with van der Waals surface area (Å²) in [7, 11) is 2.75. The molecule has 306 valence electrons. The monoisotopic (exact) mass is 784 g/mol. The maximum atomic E-state index is 13.4. The number of rotatable bonds is 14. The summed E-state index contributed by atoms with van der Waals surface area (Å²) >= 11 is 0. The highest BCUT2D eigenvalue weighted by Gasteiger charge is 2.53. The Bertz CT molecular complexity index is 1590. The molecule has 0 aromatic heterocycles. The van der Waals surface area contributed by atoms with Crippen molar-refractivity contribution in [2.75, 3.05) is 34.0 Å². The lowest BCUT2D eigenvalue weighted by atomic mass is 9.96. The molecule has 19 heteroatoms. The van der Waals surface area contributed by atoms with E-state index in [1.165, 1.54) is 51.5 Å². The van der Waals surface area contributed by atoms with Gasteiger partial charge >= 0.3 is 5.97 Å². The second-order valence-corrected chi connectivity index (χ2v) is 13.2. The summed E-state index contributed by atoms with van der Waals surface area (Å²) in [6.07, 6.45) is -19.4. The van der Waals surface area contributed by atoms with Crippen LogP contribution in [0.3, 0.4) is 0 Å². The van der Waals surface area contributed by atoms with E-state index in [0.717, 1.165) is 6.08 Å². The summed E-state index contributed by atoms with van der Waals surface area (Å²) in [5, 5.41) is 93.9. The minimum absolute atomic E-state index is 0.101. The number of benzene rings is 2. The number of carbonyl (C=O) groups is 1. The molecule has 0 amide bonds. The van der Waals surface area contributed by atoms with Crippen molar-refractivity contribution < 1.29 is 93.4 Å². The van der Waals surface area contributed by atoms with Gasteiger partial charge < -0.3 is 88.6 Å². The zero-order valence-electron chi connectivity index (χ0n) is 30.1. The lowest BCUT2D eigenvalue weighted by Crippen LogP contribution is -2.65. The van der Waals surface area contributed by atoms with E-state index in [1.807, 2.05) is 0 Å².